The molecule has 2 unspecified atom stereocenters. The average Bonchev–Trinajstić information content (AvgIpc) is 2.66. The van der Waals surface area contributed by atoms with Crippen LogP contribution in [0.15, 0.2) is 30.3 Å². The maximum Gasteiger partial charge on any atom is 0.212 e. The lowest BCUT2D eigenvalue weighted by Crippen LogP contribution is -2.36. The van der Waals surface area contributed by atoms with E-state index in [9.17, 15) is 9.90 Å². The summed E-state index contributed by atoms with van der Waals surface area (Å²) in [5.74, 6) is 0.650. The Labute approximate surface area is 151 Å². The van der Waals surface area contributed by atoms with E-state index in [2.05, 4.69) is 0 Å². The SMILES string of the molecule is COc1ccc(C2C(=O)c3ccc(OC)c(OC)c3OC2O)cc1OC. The predicted octanol–water partition coefficient (Wildman–Crippen LogP) is 2.40. The zero-order valence-electron chi connectivity index (χ0n) is 14.9. The molecule has 1 aliphatic rings. The summed E-state index contributed by atoms with van der Waals surface area (Å²) < 4.78 is 26.6. The highest BCUT2D eigenvalue weighted by molar-refractivity contribution is 6.05. The molecule has 0 saturated carbocycles. The van der Waals surface area contributed by atoms with Crippen molar-refractivity contribution in [1.82, 2.24) is 0 Å². The molecule has 0 saturated heterocycles. The van der Waals surface area contributed by atoms with Crippen LogP contribution in [0.25, 0.3) is 0 Å². The molecular weight excluding hydrogens is 340 g/mol. The molecule has 1 aliphatic heterocycles. The Balaban J connectivity index is 2.07. The van der Waals surface area contributed by atoms with Crippen LogP contribution in [0.3, 0.4) is 0 Å². The largest absolute Gasteiger partial charge is 0.493 e. The number of fused-ring (bicyclic) bond motifs is 1. The van der Waals surface area contributed by atoms with Gasteiger partial charge in [-0.25, -0.2) is 0 Å². The van der Waals surface area contributed by atoms with E-state index >= 15 is 0 Å². The Morgan fingerprint density at radius 1 is 0.885 bits per heavy atom. The van der Waals surface area contributed by atoms with Crippen molar-refractivity contribution in [3.63, 3.8) is 0 Å². The smallest absolute Gasteiger partial charge is 0.212 e. The summed E-state index contributed by atoms with van der Waals surface area (Å²) in [5, 5.41) is 10.5. The van der Waals surface area contributed by atoms with Gasteiger partial charge >= 0.3 is 0 Å². The monoisotopic (exact) mass is 360 g/mol. The van der Waals surface area contributed by atoms with E-state index in [1.807, 2.05) is 0 Å². The fraction of sp³-hybridized carbons (Fsp3) is 0.316. The van der Waals surface area contributed by atoms with E-state index in [4.69, 9.17) is 23.7 Å². The quantitative estimate of drug-likeness (QED) is 0.876. The van der Waals surface area contributed by atoms with Crippen molar-refractivity contribution in [2.75, 3.05) is 28.4 Å². The van der Waals surface area contributed by atoms with Crippen LogP contribution in [0.2, 0.25) is 0 Å². The Hall–Kier alpha value is -2.93. The summed E-state index contributed by atoms with van der Waals surface area (Å²) in [6, 6.07) is 8.25. The van der Waals surface area contributed by atoms with Gasteiger partial charge in [0.15, 0.2) is 28.8 Å². The molecule has 26 heavy (non-hydrogen) atoms. The lowest BCUT2D eigenvalue weighted by Gasteiger charge is -2.30. The van der Waals surface area contributed by atoms with Crippen molar-refractivity contribution in [1.29, 1.82) is 0 Å². The summed E-state index contributed by atoms with van der Waals surface area (Å²) in [6.07, 6.45) is -1.38. The van der Waals surface area contributed by atoms with Gasteiger partial charge in [-0.15, -0.1) is 0 Å². The minimum atomic E-state index is -1.38. The Bertz CT molecular complexity index is 831. The van der Waals surface area contributed by atoms with E-state index in [1.165, 1.54) is 28.4 Å². The molecule has 0 bridgehead atoms. The molecule has 0 fully saturated rings. The van der Waals surface area contributed by atoms with Crippen LogP contribution in [-0.2, 0) is 0 Å². The number of hydrogen-bond donors (Lipinski definition) is 1. The Morgan fingerprint density at radius 3 is 2.15 bits per heavy atom. The Kier molecular flexibility index (Phi) is 4.90. The second-order valence-electron chi connectivity index (χ2n) is 5.64. The number of Topliss-reactive ketones (excluding diaryl/α,β-unsaturated/α-hetero) is 1. The van der Waals surface area contributed by atoms with Gasteiger partial charge < -0.3 is 28.8 Å². The molecule has 0 aliphatic carbocycles. The van der Waals surface area contributed by atoms with Crippen LogP contribution < -0.4 is 23.7 Å². The van der Waals surface area contributed by atoms with E-state index in [0.717, 1.165) is 0 Å². The third-order valence-corrected chi connectivity index (χ3v) is 4.34. The number of carbonyl (C=O) groups is 1. The van der Waals surface area contributed by atoms with Gasteiger partial charge in [0.05, 0.1) is 34.0 Å². The standard InChI is InChI=1S/C19H20O7/c1-22-12-7-5-10(9-14(12)24-3)15-16(20)11-6-8-13(23-2)18(25-4)17(11)26-19(15)21/h5-9,15,19,21H,1-4H3. The number of carbonyl (C=O) groups excluding carboxylic acids is 1. The first kappa shape index (κ1) is 17.9. The third-order valence-electron chi connectivity index (χ3n) is 4.34. The summed E-state index contributed by atoms with van der Waals surface area (Å²) in [4.78, 5) is 13.0. The molecule has 0 aromatic heterocycles. The lowest BCUT2D eigenvalue weighted by molar-refractivity contribution is -0.0401. The van der Waals surface area contributed by atoms with E-state index in [1.54, 1.807) is 30.3 Å². The molecule has 0 radical (unpaired) electrons. The van der Waals surface area contributed by atoms with Crippen LogP contribution in [0.4, 0.5) is 0 Å². The van der Waals surface area contributed by atoms with Gasteiger partial charge in [0.2, 0.25) is 12.0 Å². The second kappa shape index (κ2) is 7.13. The van der Waals surface area contributed by atoms with Gasteiger partial charge in [0.1, 0.15) is 5.92 Å². The topological polar surface area (TPSA) is 83.5 Å². The highest BCUT2D eigenvalue weighted by Gasteiger charge is 2.40. The molecule has 0 spiro atoms. The van der Waals surface area contributed by atoms with E-state index in [-0.39, 0.29) is 17.3 Å². The summed E-state index contributed by atoms with van der Waals surface area (Å²) in [7, 11) is 5.96. The molecule has 7 nitrogen and oxygen atoms in total. The van der Waals surface area contributed by atoms with Crippen molar-refractivity contribution in [3.8, 4) is 28.7 Å². The number of methoxy groups -OCH3 is 4. The van der Waals surface area contributed by atoms with Gasteiger partial charge in [-0.05, 0) is 29.8 Å². The average molecular weight is 360 g/mol. The number of aliphatic hydroxyl groups excluding tert-OH is 1. The lowest BCUT2D eigenvalue weighted by atomic mass is 9.87. The first-order chi connectivity index (χ1) is 12.5. The van der Waals surface area contributed by atoms with Crippen LogP contribution >= 0.6 is 0 Å². The summed E-state index contributed by atoms with van der Waals surface area (Å²) >= 11 is 0. The van der Waals surface area contributed by atoms with Crippen LogP contribution in [0.5, 0.6) is 28.7 Å². The number of aliphatic hydroxyl groups is 1. The molecule has 2 aromatic rings. The second-order valence-corrected chi connectivity index (χ2v) is 5.64. The molecule has 2 aromatic carbocycles. The molecular formula is C19H20O7. The van der Waals surface area contributed by atoms with Gasteiger partial charge in [-0.1, -0.05) is 6.07 Å². The van der Waals surface area contributed by atoms with Crippen molar-refractivity contribution in [2.45, 2.75) is 12.2 Å². The van der Waals surface area contributed by atoms with Crippen LogP contribution in [-0.4, -0.2) is 45.6 Å². The molecule has 1 heterocycles. The van der Waals surface area contributed by atoms with Crippen LogP contribution in [0, 0.1) is 0 Å². The van der Waals surface area contributed by atoms with Gasteiger partial charge in [-0.2, -0.15) is 0 Å². The molecule has 3 rings (SSSR count). The first-order valence-electron chi connectivity index (χ1n) is 7.91. The minimum Gasteiger partial charge on any atom is -0.493 e. The predicted molar refractivity (Wildman–Crippen MR) is 92.8 cm³/mol. The van der Waals surface area contributed by atoms with E-state index in [0.29, 0.717) is 28.4 Å². The third kappa shape index (κ3) is 2.80. The molecule has 2 atom stereocenters. The molecule has 0 amide bonds. The van der Waals surface area contributed by atoms with Crippen molar-refractivity contribution in [3.05, 3.63) is 41.5 Å². The molecule has 1 N–H and O–H groups in total. The summed E-state index contributed by atoms with van der Waals surface area (Å²) in [6.45, 7) is 0. The normalized spacial score (nSPS) is 18.6. The fourth-order valence-electron chi connectivity index (χ4n) is 3.06. The van der Waals surface area contributed by atoms with Gasteiger partial charge in [0.25, 0.3) is 0 Å². The number of ether oxygens (including phenoxy) is 5. The molecule has 138 valence electrons. The van der Waals surface area contributed by atoms with Gasteiger partial charge in [-0.3, -0.25) is 4.79 Å². The highest BCUT2D eigenvalue weighted by Crippen LogP contribution is 2.46. The zero-order valence-corrected chi connectivity index (χ0v) is 14.9. The maximum absolute atomic E-state index is 13.0. The fourth-order valence-corrected chi connectivity index (χ4v) is 3.06. The number of hydrogen-bond acceptors (Lipinski definition) is 7. The zero-order chi connectivity index (χ0) is 18.8. The van der Waals surface area contributed by atoms with Crippen molar-refractivity contribution < 1.29 is 33.6 Å². The van der Waals surface area contributed by atoms with Gasteiger partial charge in [0, 0.05) is 0 Å². The maximum atomic E-state index is 13.0. The number of ketones is 1. The minimum absolute atomic E-state index is 0.168. The summed E-state index contributed by atoms with van der Waals surface area (Å²) in [5.41, 5.74) is 0.869. The number of benzene rings is 2. The Morgan fingerprint density at radius 2 is 1.54 bits per heavy atom. The van der Waals surface area contributed by atoms with Crippen molar-refractivity contribution >= 4 is 5.78 Å². The van der Waals surface area contributed by atoms with Crippen molar-refractivity contribution in [2.24, 2.45) is 0 Å². The molecule has 7 heteroatoms. The van der Waals surface area contributed by atoms with Crippen LogP contribution in [0.1, 0.15) is 21.8 Å². The number of rotatable bonds is 5. The highest BCUT2D eigenvalue weighted by atomic mass is 16.6. The van der Waals surface area contributed by atoms with E-state index < -0.39 is 12.2 Å². The first-order valence-corrected chi connectivity index (χ1v) is 7.91.